The van der Waals surface area contributed by atoms with E-state index >= 15 is 0 Å². The zero-order valence-electron chi connectivity index (χ0n) is 18.8. The second-order valence-electron chi connectivity index (χ2n) is 8.30. The Labute approximate surface area is 188 Å². The van der Waals surface area contributed by atoms with Gasteiger partial charge in [0.2, 0.25) is 5.89 Å². The van der Waals surface area contributed by atoms with Gasteiger partial charge in [-0.1, -0.05) is 5.16 Å². The van der Waals surface area contributed by atoms with E-state index in [4.69, 9.17) is 9.26 Å². The van der Waals surface area contributed by atoms with Crippen molar-refractivity contribution < 1.29 is 33.9 Å². The third kappa shape index (κ3) is 3.21. The number of carbonyl (C=O) groups is 3. The summed E-state index contributed by atoms with van der Waals surface area (Å²) >= 11 is 0. The molecule has 3 N–H and O–H groups in total. The number of phenols is 2. The Balaban J connectivity index is 1.76. The molecule has 33 heavy (non-hydrogen) atoms. The molecule has 2 aliphatic rings. The predicted molar refractivity (Wildman–Crippen MR) is 114 cm³/mol. The molecule has 1 aliphatic heterocycles. The van der Waals surface area contributed by atoms with Crippen molar-refractivity contribution in [1.82, 2.24) is 15.5 Å². The highest BCUT2D eigenvalue weighted by molar-refractivity contribution is 6.31. The first-order valence-corrected chi connectivity index (χ1v) is 10.3. The molecular weight excluding hydrogens is 430 g/mol. The predicted octanol–water partition coefficient (Wildman–Crippen LogP) is 2.09. The van der Waals surface area contributed by atoms with Gasteiger partial charge in [-0.25, -0.2) is 0 Å². The van der Waals surface area contributed by atoms with Gasteiger partial charge in [-0.2, -0.15) is 4.98 Å². The smallest absolute Gasteiger partial charge is 0.228 e. The van der Waals surface area contributed by atoms with Gasteiger partial charge >= 0.3 is 0 Å². The van der Waals surface area contributed by atoms with Crippen LogP contribution in [0.25, 0.3) is 0 Å². The number of nitrogens with one attached hydrogen (secondary N) is 1. The highest BCUT2D eigenvalue weighted by atomic mass is 16.5. The van der Waals surface area contributed by atoms with Crippen molar-refractivity contribution in [3.63, 3.8) is 0 Å². The molecule has 1 atom stereocenters. The molecule has 2 aromatic rings. The number of Topliss-reactive ketones (excluding diaryl/α,β-unsaturated/α-hetero) is 2. The van der Waals surface area contributed by atoms with Gasteiger partial charge < -0.3 is 24.8 Å². The second kappa shape index (κ2) is 7.58. The molecule has 0 saturated carbocycles. The topological polar surface area (TPSA) is 152 Å². The van der Waals surface area contributed by atoms with Crippen LogP contribution < -0.4 is 10.1 Å². The number of fused-ring (bicyclic) bond motifs is 3. The van der Waals surface area contributed by atoms with Crippen LogP contribution in [0.15, 0.2) is 27.6 Å². The van der Waals surface area contributed by atoms with E-state index in [1.54, 1.807) is 13.8 Å². The Kier molecular flexibility index (Phi) is 5.11. The summed E-state index contributed by atoms with van der Waals surface area (Å²) in [6.45, 7) is 7.84. The normalized spacial score (nSPS) is 20.7. The van der Waals surface area contributed by atoms with Gasteiger partial charge in [-0.05, 0) is 34.6 Å². The van der Waals surface area contributed by atoms with Crippen molar-refractivity contribution in [2.45, 2.75) is 46.5 Å². The standard InChI is InChI=1S/C23H23N3O7/c1-9-19(29)17(11(3)27)21-18(20(9)30)23(5)14(32-21)8-13(28)16(22(23)31)10(2)24-7-6-15-25-12(4)26-33-15/h8,24,29-30H,6-7H2,1-5H3/b16-10+/t23-/m1/s1. The highest BCUT2D eigenvalue weighted by Gasteiger charge is 2.56. The van der Waals surface area contributed by atoms with Crippen LogP contribution in [-0.4, -0.2) is 44.2 Å². The van der Waals surface area contributed by atoms with Crippen molar-refractivity contribution >= 4 is 17.3 Å². The van der Waals surface area contributed by atoms with E-state index in [1.807, 2.05) is 0 Å². The average molecular weight is 453 g/mol. The van der Waals surface area contributed by atoms with Crippen molar-refractivity contribution in [1.29, 1.82) is 0 Å². The van der Waals surface area contributed by atoms with Crippen LogP contribution >= 0.6 is 0 Å². The molecule has 0 bridgehead atoms. The van der Waals surface area contributed by atoms with Crippen LogP contribution in [0.1, 0.15) is 54.0 Å². The number of rotatable bonds is 5. The number of aromatic hydroxyl groups is 2. The van der Waals surface area contributed by atoms with Crippen LogP contribution in [0, 0.1) is 13.8 Å². The van der Waals surface area contributed by atoms with E-state index in [9.17, 15) is 24.6 Å². The summed E-state index contributed by atoms with van der Waals surface area (Å²) < 4.78 is 10.8. The average Bonchev–Trinajstić information content (AvgIpc) is 3.27. The van der Waals surface area contributed by atoms with E-state index in [0.29, 0.717) is 30.4 Å². The molecular formula is C23H23N3O7. The number of ketones is 3. The van der Waals surface area contributed by atoms with Crippen LogP contribution in [0.4, 0.5) is 0 Å². The van der Waals surface area contributed by atoms with Crippen molar-refractivity contribution in [2.24, 2.45) is 0 Å². The molecule has 1 aromatic heterocycles. The third-order valence-electron chi connectivity index (χ3n) is 6.06. The summed E-state index contributed by atoms with van der Waals surface area (Å²) in [6, 6.07) is 0. The van der Waals surface area contributed by atoms with E-state index in [0.717, 1.165) is 0 Å². The Morgan fingerprint density at radius 1 is 1.18 bits per heavy atom. The van der Waals surface area contributed by atoms with Gasteiger partial charge in [0.1, 0.15) is 34.0 Å². The van der Waals surface area contributed by atoms with Crippen LogP contribution in [0.3, 0.4) is 0 Å². The molecule has 0 spiro atoms. The zero-order chi connectivity index (χ0) is 24.2. The van der Waals surface area contributed by atoms with Crippen LogP contribution in [0.5, 0.6) is 17.2 Å². The van der Waals surface area contributed by atoms with Gasteiger partial charge in [0, 0.05) is 30.3 Å². The maximum Gasteiger partial charge on any atom is 0.228 e. The Hall–Kier alpha value is -3.95. The second-order valence-corrected chi connectivity index (χ2v) is 8.30. The number of benzene rings is 1. The maximum atomic E-state index is 13.7. The van der Waals surface area contributed by atoms with Gasteiger partial charge in [-0.15, -0.1) is 0 Å². The molecule has 0 amide bonds. The first-order valence-electron chi connectivity index (χ1n) is 10.3. The van der Waals surface area contributed by atoms with Crippen LogP contribution in [0.2, 0.25) is 0 Å². The van der Waals surface area contributed by atoms with Crippen molar-refractivity contribution in [2.75, 3.05) is 6.54 Å². The SMILES string of the molecule is CC(=O)c1c(O)c(C)c(O)c2c1OC1=CC(=O)/C(=C(/C)NCCc3nc(C)no3)C(=O)[C@]12C. The number of aromatic nitrogens is 2. The van der Waals surface area contributed by atoms with Gasteiger partial charge in [0.25, 0.3) is 0 Å². The number of hydrogen-bond donors (Lipinski definition) is 3. The van der Waals surface area contributed by atoms with Crippen LogP contribution in [-0.2, 0) is 21.4 Å². The summed E-state index contributed by atoms with van der Waals surface area (Å²) in [5.74, 6) is -1.63. The molecule has 172 valence electrons. The fraction of sp³-hybridized carbons (Fsp3) is 0.348. The minimum absolute atomic E-state index is 0.00631. The Morgan fingerprint density at radius 3 is 2.48 bits per heavy atom. The number of phenolic OH excluding ortho intramolecular Hbond substituents is 2. The molecule has 0 unspecified atom stereocenters. The molecule has 10 nitrogen and oxygen atoms in total. The van der Waals surface area contributed by atoms with Crippen molar-refractivity contribution in [3.05, 3.63) is 51.5 Å². The summed E-state index contributed by atoms with van der Waals surface area (Å²) in [4.78, 5) is 42.9. The number of carbonyl (C=O) groups excluding carboxylic acids is 3. The quantitative estimate of drug-likeness (QED) is 0.348. The Morgan fingerprint density at radius 2 is 1.88 bits per heavy atom. The number of allylic oxidation sites excluding steroid dienone is 4. The van der Waals surface area contributed by atoms with Gasteiger partial charge in [-0.3, -0.25) is 14.4 Å². The third-order valence-corrected chi connectivity index (χ3v) is 6.06. The molecule has 1 aromatic carbocycles. The monoisotopic (exact) mass is 453 g/mol. The minimum Gasteiger partial charge on any atom is -0.507 e. The first-order chi connectivity index (χ1) is 15.5. The molecule has 0 saturated heterocycles. The minimum atomic E-state index is -1.54. The number of ether oxygens (including phenoxy) is 1. The number of hydrogen-bond acceptors (Lipinski definition) is 10. The number of aryl methyl sites for hydroxylation is 1. The summed E-state index contributed by atoms with van der Waals surface area (Å²) in [5.41, 5.74) is -1.34. The summed E-state index contributed by atoms with van der Waals surface area (Å²) in [5, 5.41) is 28.0. The fourth-order valence-electron chi connectivity index (χ4n) is 4.25. The molecule has 0 radical (unpaired) electrons. The van der Waals surface area contributed by atoms with Gasteiger partial charge in [0.05, 0.1) is 11.1 Å². The molecule has 2 heterocycles. The lowest BCUT2D eigenvalue weighted by atomic mass is 9.70. The largest absolute Gasteiger partial charge is 0.507 e. The molecule has 1 aliphatic carbocycles. The maximum absolute atomic E-state index is 13.7. The van der Waals surface area contributed by atoms with Gasteiger partial charge in [0.15, 0.2) is 23.2 Å². The molecule has 4 rings (SSSR count). The zero-order valence-corrected chi connectivity index (χ0v) is 18.8. The van der Waals surface area contributed by atoms with Crippen molar-refractivity contribution in [3.8, 4) is 17.2 Å². The van der Waals surface area contributed by atoms with E-state index in [2.05, 4.69) is 15.5 Å². The fourth-order valence-corrected chi connectivity index (χ4v) is 4.25. The molecule has 0 fully saturated rings. The summed E-state index contributed by atoms with van der Waals surface area (Å²) in [7, 11) is 0. The lowest BCUT2D eigenvalue weighted by Gasteiger charge is -2.29. The lowest BCUT2D eigenvalue weighted by Crippen LogP contribution is -2.41. The van der Waals surface area contributed by atoms with E-state index in [1.165, 1.54) is 26.8 Å². The van der Waals surface area contributed by atoms with E-state index in [-0.39, 0.29) is 39.5 Å². The lowest BCUT2D eigenvalue weighted by molar-refractivity contribution is -0.123. The highest BCUT2D eigenvalue weighted by Crippen LogP contribution is 2.57. The molecule has 10 heteroatoms. The Bertz CT molecular complexity index is 1300. The first kappa shape index (κ1) is 22.3. The summed E-state index contributed by atoms with van der Waals surface area (Å²) in [6.07, 6.45) is 1.57. The number of nitrogens with zero attached hydrogens (tertiary/aromatic N) is 2. The van der Waals surface area contributed by atoms with E-state index < -0.39 is 28.5 Å².